The number of rotatable bonds is 45. The van der Waals surface area contributed by atoms with Crippen LogP contribution in [0.5, 0.6) is 0 Å². The van der Waals surface area contributed by atoms with Crippen LogP contribution in [0.4, 0.5) is 0 Å². The molecular formula is C54H94O5. The highest BCUT2D eigenvalue weighted by Gasteiger charge is 2.16. The van der Waals surface area contributed by atoms with E-state index in [1.165, 1.54) is 135 Å². The molecule has 0 saturated heterocycles. The van der Waals surface area contributed by atoms with E-state index in [0.29, 0.717) is 12.8 Å². The maximum Gasteiger partial charge on any atom is 0.306 e. The maximum atomic E-state index is 12.2. The lowest BCUT2D eigenvalue weighted by Crippen LogP contribution is -2.28. The van der Waals surface area contributed by atoms with Crippen LogP contribution in [0.15, 0.2) is 72.9 Å². The molecule has 0 saturated carbocycles. The highest BCUT2D eigenvalue weighted by Crippen LogP contribution is 2.16. The lowest BCUT2D eigenvalue weighted by Gasteiger charge is -2.15. The molecular weight excluding hydrogens is 729 g/mol. The number of aliphatic hydroxyl groups excluding tert-OH is 1. The monoisotopic (exact) mass is 823 g/mol. The number of ether oxygens (including phenoxy) is 2. The summed E-state index contributed by atoms with van der Waals surface area (Å²) in [4.78, 5) is 24.2. The van der Waals surface area contributed by atoms with Crippen molar-refractivity contribution in [3.8, 4) is 0 Å². The van der Waals surface area contributed by atoms with E-state index in [-0.39, 0.29) is 25.2 Å². The molecule has 59 heavy (non-hydrogen) atoms. The average molecular weight is 823 g/mol. The number of carbonyl (C=O) groups is 2. The highest BCUT2D eigenvalue weighted by atomic mass is 16.6. The van der Waals surface area contributed by atoms with Crippen LogP contribution >= 0.6 is 0 Å². The first kappa shape index (κ1) is 56.3. The molecule has 1 atom stereocenters. The first-order valence-corrected chi connectivity index (χ1v) is 25.0. The summed E-state index contributed by atoms with van der Waals surface area (Å²) in [6.07, 6.45) is 67.4. The molecule has 0 aliphatic carbocycles. The van der Waals surface area contributed by atoms with Gasteiger partial charge in [0.1, 0.15) is 6.61 Å². The van der Waals surface area contributed by atoms with Gasteiger partial charge in [0, 0.05) is 12.8 Å². The average Bonchev–Trinajstić information content (AvgIpc) is 3.24. The van der Waals surface area contributed by atoms with Crippen LogP contribution in [0.2, 0.25) is 0 Å². The van der Waals surface area contributed by atoms with E-state index in [4.69, 9.17) is 9.47 Å². The van der Waals surface area contributed by atoms with Gasteiger partial charge < -0.3 is 14.6 Å². The molecule has 0 aliphatic heterocycles. The largest absolute Gasteiger partial charge is 0.462 e. The molecule has 1 N–H and O–H groups in total. The molecule has 0 aromatic heterocycles. The normalized spacial score (nSPS) is 12.8. The van der Waals surface area contributed by atoms with E-state index in [1.807, 2.05) is 0 Å². The molecule has 5 nitrogen and oxygen atoms in total. The Hall–Kier alpha value is -2.66. The Balaban J connectivity index is 3.43. The van der Waals surface area contributed by atoms with Crippen LogP contribution in [0.1, 0.15) is 239 Å². The Kier molecular flexibility index (Phi) is 47.5. The summed E-state index contributed by atoms with van der Waals surface area (Å²) in [5.41, 5.74) is 0. The molecule has 0 heterocycles. The molecule has 0 radical (unpaired) electrons. The Bertz CT molecular complexity index is 1070. The van der Waals surface area contributed by atoms with Gasteiger partial charge in [-0.2, -0.15) is 0 Å². The molecule has 340 valence electrons. The molecule has 0 amide bonds. The number of aliphatic hydroxyl groups is 1. The van der Waals surface area contributed by atoms with Gasteiger partial charge in [-0.25, -0.2) is 0 Å². The van der Waals surface area contributed by atoms with E-state index in [9.17, 15) is 14.7 Å². The summed E-state index contributed by atoms with van der Waals surface area (Å²) in [6, 6.07) is 0. The molecule has 0 aromatic rings. The minimum absolute atomic E-state index is 0.0637. The van der Waals surface area contributed by atoms with Gasteiger partial charge >= 0.3 is 11.9 Å². The minimum Gasteiger partial charge on any atom is -0.462 e. The third-order valence-electron chi connectivity index (χ3n) is 10.8. The summed E-state index contributed by atoms with van der Waals surface area (Å²) in [7, 11) is 0. The predicted octanol–water partition coefficient (Wildman–Crippen LogP) is 16.5. The molecule has 0 bridgehead atoms. The van der Waals surface area contributed by atoms with Gasteiger partial charge in [-0.15, -0.1) is 0 Å². The second kappa shape index (κ2) is 49.7. The van der Waals surface area contributed by atoms with E-state index < -0.39 is 6.10 Å². The van der Waals surface area contributed by atoms with E-state index in [0.717, 1.165) is 77.0 Å². The van der Waals surface area contributed by atoms with Crippen LogP contribution in [-0.4, -0.2) is 36.4 Å². The third-order valence-corrected chi connectivity index (χ3v) is 10.8. The fourth-order valence-electron chi connectivity index (χ4n) is 7.03. The van der Waals surface area contributed by atoms with Crippen molar-refractivity contribution in [3.63, 3.8) is 0 Å². The van der Waals surface area contributed by atoms with Crippen molar-refractivity contribution < 1.29 is 24.2 Å². The van der Waals surface area contributed by atoms with Gasteiger partial charge in [0.15, 0.2) is 6.10 Å². The van der Waals surface area contributed by atoms with Gasteiger partial charge in [-0.3, -0.25) is 9.59 Å². The van der Waals surface area contributed by atoms with Crippen LogP contribution in [0.25, 0.3) is 0 Å². The quantitative estimate of drug-likeness (QED) is 0.0376. The molecule has 0 aliphatic rings. The van der Waals surface area contributed by atoms with Gasteiger partial charge in [0.25, 0.3) is 0 Å². The van der Waals surface area contributed by atoms with Gasteiger partial charge in [0.2, 0.25) is 0 Å². The van der Waals surface area contributed by atoms with Crippen molar-refractivity contribution in [1.29, 1.82) is 0 Å². The Labute approximate surface area is 365 Å². The zero-order chi connectivity index (χ0) is 42.8. The van der Waals surface area contributed by atoms with Gasteiger partial charge in [0.05, 0.1) is 6.61 Å². The molecule has 1 unspecified atom stereocenters. The van der Waals surface area contributed by atoms with Crippen molar-refractivity contribution in [2.24, 2.45) is 0 Å². The topological polar surface area (TPSA) is 72.8 Å². The van der Waals surface area contributed by atoms with Crippen molar-refractivity contribution in [2.45, 2.75) is 245 Å². The first-order valence-electron chi connectivity index (χ1n) is 25.0. The summed E-state index contributed by atoms with van der Waals surface area (Å²) in [6.45, 7) is 4.00. The number of hydrogen-bond acceptors (Lipinski definition) is 5. The molecule has 5 heteroatoms. The van der Waals surface area contributed by atoms with Crippen LogP contribution in [0.3, 0.4) is 0 Å². The number of allylic oxidation sites excluding steroid dienone is 12. The lowest BCUT2D eigenvalue weighted by molar-refractivity contribution is -0.161. The number of hydrogen-bond donors (Lipinski definition) is 1. The second-order valence-electron chi connectivity index (χ2n) is 16.5. The van der Waals surface area contributed by atoms with Crippen molar-refractivity contribution in [3.05, 3.63) is 72.9 Å². The van der Waals surface area contributed by atoms with E-state index in [1.54, 1.807) is 0 Å². The second-order valence-corrected chi connectivity index (χ2v) is 16.5. The van der Waals surface area contributed by atoms with E-state index >= 15 is 0 Å². The summed E-state index contributed by atoms with van der Waals surface area (Å²) in [5, 5.41) is 9.55. The van der Waals surface area contributed by atoms with Gasteiger partial charge in [-0.1, -0.05) is 234 Å². The number of carbonyl (C=O) groups excluding carboxylic acids is 2. The molecule has 0 rings (SSSR count). The lowest BCUT2D eigenvalue weighted by atomic mass is 10.0. The highest BCUT2D eigenvalue weighted by molar-refractivity contribution is 5.70. The zero-order valence-corrected chi connectivity index (χ0v) is 38.7. The summed E-state index contributed by atoms with van der Waals surface area (Å²) < 4.78 is 10.6. The summed E-state index contributed by atoms with van der Waals surface area (Å²) >= 11 is 0. The first-order chi connectivity index (χ1) is 29.1. The SMILES string of the molecule is CC/C=C\C/C=C\C/C=C\C/C=C\C/C=C\C/C=C\CCCCCCCCCCCCCCCCCCCCC(=O)OC(CO)COC(=O)CCCCCCCCCC. The van der Waals surface area contributed by atoms with Gasteiger partial charge in [-0.05, 0) is 64.2 Å². The standard InChI is InChI=1S/C54H94O5/c1-3-5-7-9-11-13-14-15-16-17-18-19-20-21-22-23-24-25-26-27-28-29-30-31-32-33-34-35-36-37-38-39-40-41-43-45-47-49-54(57)59-52(50-55)51-58-53(56)48-46-44-42-12-10-8-6-4-2/h5,7,11,13,15-16,18-19,21-22,24-25,52,55H,3-4,6,8-10,12,14,17,20,23,26-51H2,1-2H3/b7-5-,13-11-,16-15-,19-18-,22-21-,25-24-. The smallest absolute Gasteiger partial charge is 0.306 e. The Morgan fingerprint density at radius 1 is 0.407 bits per heavy atom. The van der Waals surface area contributed by atoms with Crippen molar-refractivity contribution in [1.82, 2.24) is 0 Å². The number of esters is 2. The molecule has 0 spiro atoms. The fraction of sp³-hybridized carbons (Fsp3) is 0.741. The molecule has 0 aromatic carbocycles. The Morgan fingerprint density at radius 2 is 0.729 bits per heavy atom. The van der Waals surface area contributed by atoms with Crippen molar-refractivity contribution in [2.75, 3.05) is 13.2 Å². The van der Waals surface area contributed by atoms with Crippen LogP contribution in [0, 0.1) is 0 Å². The molecule has 0 fully saturated rings. The predicted molar refractivity (Wildman–Crippen MR) is 256 cm³/mol. The van der Waals surface area contributed by atoms with Crippen molar-refractivity contribution >= 4 is 11.9 Å². The maximum absolute atomic E-state index is 12.2. The Morgan fingerprint density at radius 3 is 1.10 bits per heavy atom. The van der Waals surface area contributed by atoms with Crippen LogP contribution < -0.4 is 0 Å². The summed E-state index contributed by atoms with van der Waals surface area (Å²) in [5.74, 6) is -0.590. The van der Waals surface area contributed by atoms with E-state index in [2.05, 4.69) is 86.8 Å². The third kappa shape index (κ3) is 47.9. The fourth-order valence-corrected chi connectivity index (χ4v) is 7.03. The number of unbranched alkanes of at least 4 members (excludes halogenated alkanes) is 25. The zero-order valence-electron chi connectivity index (χ0n) is 38.7. The minimum atomic E-state index is -0.768. The van der Waals surface area contributed by atoms with Crippen LogP contribution in [-0.2, 0) is 19.1 Å².